The van der Waals surface area contributed by atoms with Crippen molar-refractivity contribution >= 4 is 5.97 Å². The number of fused-ring (bicyclic) bond motifs is 3. The molecule has 19 heavy (non-hydrogen) atoms. The minimum absolute atomic E-state index is 0.0262. The van der Waals surface area contributed by atoms with Crippen LogP contribution in [0.3, 0.4) is 0 Å². The lowest BCUT2D eigenvalue weighted by Crippen LogP contribution is -2.05. The van der Waals surface area contributed by atoms with Crippen LogP contribution in [-0.2, 0) is 11.2 Å². The summed E-state index contributed by atoms with van der Waals surface area (Å²) in [7, 11) is 0. The van der Waals surface area contributed by atoms with Crippen LogP contribution in [0.2, 0.25) is 0 Å². The first-order valence-electron chi connectivity index (χ1n) is 5.98. The normalized spacial score (nSPS) is 11.6. The van der Waals surface area contributed by atoms with Gasteiger partial charge in [0.15, 0.2) is 11.5 Å². The number of phenols is 1. The summed E-state index contributed by atoms with van der Waals surface area (Å²) in [6.45, 7) is 3.36. The molecule has 3 nitrogen and oxygen atoms in total. The number of hydrogen-bond acceptors (Lipinski definition) is 3. The molecule has 3 rings (SSSR count). The van der Waals surface area contributed by atoms with Gasteiger partial charge in [0.25, 0.3) is 0 Å². The Morgan fingerprint density at radius 1 is 1.21 bits per heavy atom. The minimum atomic E-state index is -0.570. The summed E-state index contributed by atoms with van der Waals surface area (Å²) in [6.07, 6.45) is 1.74. The lowest BCUT2D eigenvalue weighted by Gasteiger charge is -2.09. The van der Waals surface area contributed by atoms with Crippen LogP contribution in [0.4, 0.5) is 0 Å². The van der Waals surface area contributed by atoms with Gasteiger partial charge in [-0.2, -0.15) is 0 Å². The van der Waals surface area contributed by atoms with Crippen LogP contribution in [0.1, 0.15) is 11.1 Å². The maximum absolute atomic E-state index is 11.4. The van der Waals surface area contributed by atoms with Crippen LogP contribution in [0.25, 0.3) is 11.1 Å². The number of benzene rings is 2. The highest BCUT2D eigenvalue weighted by Gasteiger charge is 2.24. The van der Waals surface area contributed by atoms with Crippen molar-refractivity contribution in [2.24, 2.45) is 0 Å². The van der Waals surface area contributed by atoms with Gasteiger partial charge in [-0.3, -0.25) is 0 Å². The number of rotatable bonds is 2. The Morgan fingerprint density at radius 2 is 2.00 bits per heavy atom. The molecule has 0 fully saturated rings. The molecule has 0 saturated carbocycles. The molecule has 0 radical (unpaired) electrons. The summed E-state index contributed by atoms with van der Waals surface area (Å²) in [6, 6.07) is 11.4. The predicted octanol–water partition coefficient (Wildman–Crippen LogP) is 3.05. The van der Waals surface area contributed by atoms with Gasteiger partial charge in [-0.25, -0.2) is 4.79 Å². The molecule has 0 unspecified atom stereocenters. The Morgan fingerprint density at radius 3 is 2.79 bits per heavy atom. The maximum atomic E-state index is 11.4. The van der Waals surface area contributed by atoms with E-state index in [9.17, 15) is 9.90 Å². The lowest BCUT2D eigenvalue weighted by atomic mass is 10.1. The van der Waals surface area contributed by atoms with Crippen LogP contribution in [0.15, 0.2) is 49.1 Å². The fraction of sp³-hybridized carbons (Fsp3) is 0.0625. The van der Waals surface area contributed by atoms with Gasteiger partial charge in [-0.05, 0) is 22.8 Å². The Bertz CT molecular complexity index is 686. The van der Waals surface area contributed by atoms with E-state index in [2.05, 4.69) is 6.58 Å². The van der Waals surface area contributed by atoms with Crippen molar-refractivity contribution in [2.75, 3.05) is 0 Å². The van der Waals surface area contributed by atoms with E-state index in [0.717, 1.165) is 22.8 Å². The van der Waals surface area contributed by atoms with E-state index < -0.39 is 5.97 Å². The van der Waals surface area contributed by atoms with Crippen molar-refractivity contribution in [2.45, 2.75) is 6.42 Å². The zero-order valence-corrected chi connectivity index (χ0v) is 10.2. The van der Waals surface area contributed by atoms with Gasteiger partial charge in [0.05, 0.1) is 0 Å². The number of carbonyl (C=O) groups excluding carboxylic acids is 1. The van der Waals surface area contributed by atoms with Crippen molar-refractivity contribution in [3.05, 3.63) is 60.2 Å². The number of carbonyl (C=O) groups is 1. The summed E-state index contributed by atoms with van der Waals surface area (Å²) < 4.78 is 5.16. The molecule has 0 amide bonds. The van der Waals surface area contributed by atoms with E-state index in [1.54, 1.807) is 6.07 Å². The second-order valence-corrected chi connectivity index (χ2v) is 4.40. The number of esters is 1. The molecule has 2 aromatic carbocycles. The fourth-order valence-electron chi connectivity index (χ4n) is 2.43. The monoisotopic (exact) mass is 252 g/mol. The quantitative estimate of drug-likeness (QED) is 0.433. The van der Waals surface area contributed by atoms with E-state index in [0.29, 0.717) is 6.42 Å². The molecule has 0 bridgehead atoms. The highest BCUT2D eigenvalue weighted by Crippen LogP contribution is 2.44. The second-order valence-electron chi connectivity index (χ2n) is 4.40. The molecule has 0 atom stereocenters. The number of hydrogen-bond donors (Lipinski definition) is 1. The van der Waals surface area contributed by atoms with Gasteiger partial charge in [-0.1, -0.05) is 36.9 Å². The first-order chi connectivity index (χ1) is 9.20. The van der Waals surface area contributed by atoms with Crippen LogP contribution in [-0.4, -0.2) is 11.1 Å². The zero-order chi connectivity index (χ0) is 13.4. The summed E-state index contributed by atoms with van der Waals surface area (Å²) in [5.41, 5.74) is 4.13. The van der Waals surface area contributed by atoms with Gasteiger partial charge in [0.2, 0.25) is 0 Å². The molecular formula is C16H12O3. The van der Waals surface area contributed by atoms with Crippen molar-refractivity contribution in [1.82, 2.24) is 0 Å². The Hall–Kier alpha value is -2.55. The largest absolute Gasteiger partial charge is 0.504 e. The highest BCUT2D eigenvalue weighted by atomic mass is 16.5. The third kappa shape index (κ3) is 1.80. The standard InChI is InChI=1S/C16H12O3/c1-2-15(18)19-16-13-9-10-5-3-4-6-11(10)12(13)7-8-14(16)17/h2-8,17H,1,9H2. The van der Waals surface area contributed by atoms with E-state index in [-0.39, 0.29) is 11.5 Å². The van der Waals surface area contributed by atoms with Crippen molar-refractivity contribution in [3.8, 4) is 22.6 Å². The average molecular weight is 252 g/mol. The minimum Gasteiger partial charge on any atom is -0.504 e. The molecule has 3 heteroatoms. The average Bonchev–Trinajstić information content (AvgIpc) is 2.80. The first-order valence-corrected chi connectivity index (χ1v) is 5.98. The maximum Gasteiger partial charge on any atom is 0.335 e. The first kappa shape index (κ1) is 11.5. The van der Waals surface area contributed by atoms with E-state index in [1.807, 2.05) is 30.3 Å². The molecule has 2 aromatic rings. The summed E-state index contributed by atoms with van der Waals surface area (Å²) in [5, 5.41) is 9.89. The van der Waals surface area contributed by atoms with Crippen LogP contribution in [0.5, 0.6) is 11.5 Å². The molecule has 0 heterocycles. The molecule has 1 aliphatic rings. The summed E-state index contributed by atoms with van der Waals surface area (Å²) in [4.78, 5) is 11.4. The molecule has 1 aliphatic carbocycles. The van der Waals surface area contributed by atoms with Crippen LogP contribution >= 0.6 is 0 Å². The van der Waals surface area contributed by atoms with Crippen molar-refractivity contribution in [1.29, 1.82) is 0 Å². The molecule has 0 aliphatic heterocycles. The lowest BCUT2D eigenvalue weighted by molar-refractivity contribution is -0.129. The molecule has 94 valence electrons. The van der Waals surface area contributed by atoms with Gasteiger partial charge < -0.3 is 9.84 Å². The zero-order valence-electron chi connectivity index (χ0n) is 10.2. The molecule has 0 spiro atoms. The smallest absolute Gasteiger partial charge is 0.335 e. The molecule has 0 aromatic heterocycles. The third-order valence-corrected chi connectivity index (χ3v) is 3.28. The van der Waals surface area contributed by atoms with E-state index in [4.69, 9.17) is 4.74 Å². The van der Waals surface area contributed by atoms with Gasteiger partial charge in [0.1, 0.15) is 0 Å². The van der Waals surface area contributed by atoms with Crippen LogP contribution < -0.4 is 4.74 Å². The van der Waals surface area contributed by atoms with E-state index >= 15 is 0 Å². The fourth-order valence-corrected chi connectivity index (χ4v) is 2.43. The van der Waals surface area contributed by atoms with Crippen molar-refractivity contribution < 1.29 is 14.6 Å². The van der Waals surface area contributed by atoms with Crippen LogP contribution in [0, 0.1) is 0 Å². The predicted molar refractivity (Wildman–Crippen MR) is 72.2 cm³/mol. The number of phenolic OH excluding ortho intramolecular Hbond substituents is 1. The Kier molecular flexibility index (Phi) is 2.60. The number of aromatic hydroxyl groups is 1. The highest BCUT2D eigenvalue weighted by molar-refractivity contribution is 5.87. The van der Waals surface area contributed by atoms with Gasteiger partial charge in [0, 0.05) is 18.1 Å². The van der Waals surface area contributed by atoms with Gasteiger partial charge in [-0.15, -0.1) is 0 Å². The third-order valence-electron chi connectivity index (χ3n) is 3.28. The molecule has 0 saturated heterocycles. The summed E-state index contributed by atoms with van der Waals surface area (Å²) >= 11 is 0. The Labute approximate surface area is 110 Å². The number of ether oxygens (including phenoxy) is 1. The summed E-state index contributed by atoms with van der Waals surface area (Å²) in [5.74, 6) is -0.361. The van der Waals surface area contributed by atoms with E-state index in [1.165, 1.54) is 5.56 Å². The topological polar surface area (TPSA) is 46.5 Å². The van der Waals surface area contributed by atoms with Gasteiger partial charge >= 0.3 is 5.97 Å². The van der Waals surface area contributed by atoms with Crippen molar-refractivity contribution in [3.63, 3.8) is 0 Å². The Balaban J connectivity index is 2.14. The second kappa shape index (κ2) is 4.28. The molecular weight excluding hydrogens is 240 g/mol. The SMILES string of the molecule is C=CC(=O)Oc1c(O)ccc2c1Cc1ccccc1-2. The molecule has 1 N–H and O–H groups in total.